The largest absolute Gasteiger partial charge is 0.478 e. The van der Waals surface area contributed by atoms with Crippen LogP contribution >= 0.6 is 0 Å². The number of Topliss-reactive ketones (excluding diaryl/α,β-unsaturated/α-hetero) is 1. The van der Waals surface area contributed by atoms with Gasteiger partial charge in [0.1, 0.15) is 5.78 Å². The lowest BCUT2D eigenvalue weighted by Gasteiger charge is -2.39. The first kappa shape index (κ1) is 29.1. The van der Waals surface area contributed by atoms with Gasteiger partial charge in [0.15, 0.2) is 5.79 Å². The molecule has 8 nitrogen and oxygen atoms in total. The highest BCUT2D eigenvalue weighted by atomic mass is 16.7. The predicted octanol–water partition coefficient (Wildman–Crippen LogP) is 5.52. The summed E-state index contributed by atoms with van der Waals surface area (Å²) in [5.41, 5.74) is 2.39. The van der Waals surface area contributed by atoms with E-state index in [1.165, 1.54) is 0 Å². The van der Waals surface area contributed by atoms with Crippen LogP contribution in [0.2, 0.25) is 0 Å². The van der Waals surface area contributed by atoms with E-state index in [0.29, 0.717) is 51.7 Å². The van der Waals surface area contributed by atoms with Gasteiger partial charge in [-0.15, -0.1) is 0 Å². The molecule has 0 aromatic heterocycles. The van der Waals surface area contributed by atoms with Crippen LogP contribution in [0, 0.1) is 0 Å². The van der Waals surface area contributed by atoms with Gasteiger partial charge in [0.05, 0.1) is 29.9 Å². The fourth-order valence-electron chi connectivity index (χ4n) is 4.91. The molecule has 0 amide bonds. The predicted molar refractivity (Wildman–Crippen MR) is 150 cm³/mol. The van der Waals surface area contributed by atoms with Gasteiger partial charge in [-0.2, -0.15) is 0 Å². The van der Waals surface area contributed by atoms with Crippen molar-refractivity contribution in [2.75, 3.05) is 13.2 Å². The summed E-state index contributed by atoms with van der Waals surface area (Å²) in [7, 11) is 0. The molecule has 0 atom stereocenters. The molecule has 1 heterocycles. The van der Waals surface area contributed by atoms with E-state index in [9.17, 15) is 19.5 Å². The average Bonchev–Trinajstić information content (AvgIpc) is 3.43. The molecule has 3 N–H and O–H groups in total. The lowest BCUT2D eigenvalue weighted by molar-refractivity contribution is -0.196. The zero-order valence-electron chi connectivity index (χ0n) is 22.3. The van der Waals surface area contributed by atoms with Crippen LogP contribution in [0.3, 0.4) is 0 Å². The number of ketones is 1. The number of hydrogen-bond donors (Lipinski definition) is 3. The minimum atomic E-state index is -0.955. The van der Waals surface area contributed by atoms with Crippen molar-refractivity contribution in [2.24, 2.45) is 0 Å². The minimum absolute atomic E-state index is 0.240. The summed E-state index contributed by atoms with van der Waals surface area (Å²) in [5.74, 6) is -2.10. The Morgan fingerprint density at radius 2 is 1.35 bits per heavy atom. The maximum Gasteiger partial charge on any atom is 0.335 e. The smallest absolute Gasteiger partial charge is 0.335 e. The zero-order chi connectivity index (χ0) is 28.6. The Labute approximate surface area is 233 Å². The molecule has 2 aromatic rings. The summed E-state index contributed by atoms with van der Waals surface area (Å²) in [6.07, 6.45) is 13.7. The van der Waals surface area contributed by atoms with Crippen molar-refractivity contribution in [3.63, 3.8) is 0 Å². The van der Waals surface area contributed by atoms with Gasteiger partial charge in [0.25, 0.3) is 0 Å². The molecule has 1 saturated heterocycles. The number of aromatic carboxylic acids is 2. The van der Waals surface area contributed by atoms with Crippen LogP contribution in [0.15, 0.2) is 72.3 Å². The third kappa shape index (κ3) is 8.08. The van der Waals surface area contributed by atoms with Crippen molar-refractivity contribution in [1.82, 2.24) is 0 Å². The number of aliphatic hydroxyl groups is 1. The second kappa shape index (κ2) is 13.0. The van der Waals surface area contributed by atoms with Gasteiger partial charge in [0, 0.05) is 25.7 Å². The quantitative estimate of drug-likeness (QED) is 0.432. The number of rotatable bonds is 6. The normalized spacial score (nSPS) is 19.8. The molecule has 1 aliphatic heterocycles. The van der Waals surface area contributed by atoms with Gasteiger partial charge < -0.3 is 24.8 Å². The molecule has 210 valence electrons. The lowest BCUT2D eigenvalue weighted by atomic mass is 9.81. The van der Waals surface area contributed by atoms with E-state index >= 15 is 0 Å². The Hall–Kier alpha value is -3.85. The van der Waals surface area contributed by atoms with E-state index in [1.807, 2.05) is 30.4 Å². The van der Waals surface area contributed by atoms with Crippen LogP contribution in [0.5, 0.6) is 0 Å². The molecule has 2 aliphatic carbocycles. The monoisotopic (exact) mass is 546 g/mol. The lowest BCUT2D eigenvalue weighted by Crippen LogP contribution is -2.42. The molecule has 2 aromatic carbocycles. The van der Waals surface area contributed by atoms with Gasteiger partial charge in [-0.1, -0.05) is 60.2 Å². The fraction of sp³-hybridized carbons (Fsp3) is 0.344. The topological polar surface area (TPSA) is 130 Å². The van der Waals surface area contributed by atoms with Crippen LogP contribution < -0.4 is 0 Å². The van der Waals surface area contributed by atoms with E-state index in [0.717, 1.165) is 23.1 Å². The molecule has 1 saturated carbocycles. The molecule has 2 fully saturated rings. The van der Waals surface area contributed by atoms with Gasteiger partial charge in [-0.25, -0.2) is 9.59 Å². The summed E-state index contributed by atoms with van der Waals surface area (Å²) in [6, 6.07) is 13.4. The number of ether oxygens (including phenoxy) is 2. The summed E-state index contributed by atoms with van der Waals surface area (Å²) < 4.78 is 11.3. The number of benzene rings is 2. The number of carbonyl (C=O) groups is 3. The Kier molecular flexibility index (Phi) is 9.47. The molecule has 0 radical (unpaired) electrons. The summed E-state index contributed by atoms with van der Waals surface area (Å²) in [5, 5.41) is 28.5. The van der Waals surface area contributed by atoms with Crippen molar-refractivity contribution in [3.8, 4) is 0 Å². The minimum Gasteiger partial charge on any atom is -0.478 e. The Bertz CT molecular complexity index is 1320. The van der Waals surface area contributed by atoms with Crippen LogP contribution in [0.25, 0.3) is 12.2 Å². The van der Waals surface area contributed by atoms with Crippen molar-refractivity contribution in [2.45, 2.75) is 56.3 Å². The number of carboxylic acid groups (broad SMARTS) is 2. The Morgan fingerprint density at radius 3 is 1.88 bits per heavy atom. The highest BCUT2D eigenvalue weighted by Crippen LogP contribution is 2.41. The first-order valence-corrected chi connectivity index (χ1v) is 13.4. The second-order valence-electron chi connectivity index (χ2n) is 10.3. The maximum absolute atomic E-state index is 11.1. The van der Waals surface area contributed by atoms with E-state index in [-0.39, 0.29) is 16.9 Å². The fourth-order valence-corrected chi connectivity index (χ4v) is 4.91. The Morgan fingerprint density at radius 1 is 0.775 bits per heavy atom. The number of allylic oxidation sites excluding steroid dienone is 3. The van der Waals surface area contributed by atoms with Crippen LogP contribution in [0.1, 0.15) is 76.8 Å². The number of hydrogen-bond acceptors (Lipinski definition) is 6. The van der Waals surface area contributed by atoms with Crippen molar-refractivity contribution in [1.29, 1.82) is 0 Å². The maximum atomic E-state index is 11.1. The molecule has 1 spiro atoms. The molecule has 8 heteroatoms. The molecule has 0 bridgehead atoms. The molecular formula is C32H34O8. The van der Waals surface area contributed by atoms with E-state index in [1.54, 1.807) is 48.6 Å². The number of carbonyl (C=O) groups excluding carboxylic acids is 1. The molecular weight excluding hydrogens is 512 g/mol. The van der Waals surface area contributed by atoms with Crippen molar-refractivity contribution >= 4 is 29.9 Å². The van der Waals surface area contributed by atoms with Crippen molar-refractivity contribution < 1.29 is 39.2 Å². The van der Waals surface area contributed by atoms with Gasteiger partial charge in [-0.3, -0.25) is 4.79 Å². The highest BCUT2D eigenvalue weighted by Gasteiger charge is 2.44. The second-order valence-corrected chi connectivity index (χ2v) is 10.3. The molecule has 0 unspecified atom stereocenters. The van der Waals surface area contributed by atoms with E-state index < -0.39 is 23.3 Å². The summed E-state index contributed by atoms with van der Waals surface area (Å²) in [4.78, 5) is 32.9. The first-order valence-electron chi connectivity index (χ1n) is 13.4. The van der Waals surface area contributed by atoms with Crippen LogP contribution in [-0.2, 0) is 14.3 Å². The molecule has 40 heavy (non-hydrogen) atoms. The van der Waals surface area contributed by atoms with E-state index in [4.69, 9.17) is 19.7 Å². The number of carboxylic acids is 2. The van der Waals surface area contributed by atoms with Gasteiger partial charge >= 0.3 is 11.9 Å². The van der Waals surface area contributed by atoms with Crippen LogP contribution in [-0.4, -0.2) is 57.6 Å². The molecule has 5 rings (SSSR count). The third-order valence-electron chi connectivity index (χ3n) is 7.32. The third-order valence-corrected chi connectivity index (χ3v) is 7.32. The summed E-state index contributed by atoms with van der Waals surface area (Å²) >= 11 is 0. The molecule has 3 aliphatic rings. The Balaban J connectivity index is 0.000000189. The van der Waals surface area contributed by atoms with Crippen molar-refractivity contribution in [3.05, 3.63) is 94.6 Å². The van der Waals surface area contributed by atoms with Gasteiger partial charge in [0.2, 0.25) is 0 Å². The highest BCUT2D eigenvalue weighted by molar-refractivity contribution is 5.89. The standard InChI is InChI=1S/C17H20O5.C15H14O3/c18-15(19)14-3-1-2-13(12-14)4-5-16(20)6-8-17(9-7-16)21-10-11-22-17;16-14-8-6-11(7-9-14)4-5-12-2-1-3-13(10-12)15(17)18/h1-5,12,20H,6-11H2,(H,18,19);1-6,10H,7-9H2,(H,17,18)/b2*5-4+. The summed E-state index contributed by atoms with van der Waals surface area (Å²) in [6.45, 7) is 1.24. The first-order chi connectivity index (χ1) is 19.2. The average molecular weight is 547 g/mol. The van der Waals surface area contributed by atoms with E-state index in [2.05, 4.69) is 0 Å². The van der Waals surface area contributed by atoms with Gasteiger partial charge in [-0.05, 0) is 54.7 Å². The van der Waals surface area contributed by atoms with Crippen LogP contribution in [0.4, 0.5) is 0 Å². The SMILES string of the molecule is O=C(O)c1cccc(/C=C/C2(O)CCC3(CC2)OCCO3)c1.O=C1CC=C(/C=C/c2cccc(C(=O)O)c2)CC1. The zero-order valence-corrected chi connectivity index (χ0v) is 22.3.